The zero-order chi connectivity index (χ0) is 15.6. The number of unbranched alkanes of at least 4 members (excludes halogenated alkanes) is 2. The average molecular weight is 304 g/mol. The summed E-state index contributed by atoms with van der Waals surface area (Å²) in [5, 5.41) is 3.32. The van der Waals surface area contributed by atoms with Crippen LogP contribution in [0.25, 0.3) is 0 Å². The molecule has 0 saturated carbocycles. The molecule has 2 rings (SSSR count). The monoisotopic (exact) mass is 304 g/mol. The zero-order valence-corrected chi connectivity index (χ0v) is 14.3. The number of rotatable bonds is 9. The molecule has 1 unspecified atom stereocenters. The molecule has 1 N–H and O–H groups in total. The Balaban J connectivity index is 1.88. The first-order valence-electron chi connectivity index (χ1n) is 8.91. The molecule has 1 atom stereocenters. The zero-order valence-electron chi connectivity index (χ0n) is 14.3. The summed E-state index contributed by atoms with van der Waals surface area (Å²) in [5.41, 5.74) is 1.34. The van der Waals surface area contributed by atoms with Crippen molar-refractivity contribution in [1.82, 2.24) is 10.2 Å². The topological polar surface area (TPSA) is 24.5 Å². The van der Waals surface area contributed by atoms with Crippen molar-refractivity contribution in [2.45, 2.75) is 45.6 Å². The van der Waals surface area contributed by atoms with Crippen LogP contribution >= 0.6 is 0 Å². The Morgan fingerprint density at radius 2 is 2.14 bits per heavy atom. The summed E-state index contributed by atoms with van der Waals surface area (Å²) in [5.74, 6) is 1.87. The Kier molecular flexibility index (Phi) is 7.75. The Morgan fingerprint density at radius 3 is 2.95 bits per heavy atom. The van der Waals surface area contributed by atoms with Crippen molar-refractivity contribution in [3.63, 3.8) is 0 Å². The maximum atomic E-state index is 6.02. The quantitative estimate of drug-likeness (QED) is 0.704. The van der Waals surface area contributed by atoms with Crippen LogP contribution in [0.5, 0.6) is 5.75 Å². The lowest BCUT2D eigenvalue weighted by Crippen LogP contribution is -2.38. The van der Waals surface area contributed by atoms with Gasteiger partial charge < -0.3 is 10.1 Å². The van der Waals surface area contributed by atoms with Crippen molar-refractivity contribution >= 4 is 0 Å². The summed E-state index contributed by atoms with van der Waals surface area (Å²) in [6.07, 6.45) is 6.31. The minimum Gasteiger partial charge on any atom is -0.493 e. The fourth-order valence-electron chi connectivity index (χ4n) is 3.30. The standard InChI is InChI=1S/C19H32N2O/c1-3-4-7-13-22-19-11-6-5-10-18(19)16-21-12-8-9-17(15-21)14-20-2/h5-6,10-11,17,20H,3-4,7-9,12-16H2,1-2H3. The molecular formula is C19H32N2O. The van der Waals surface area contributed by atoms with E-state index in [1.165, 1.54) is 44.3 Å². The molecule has 1 aliphatic rings. The van der Waals surface area contributed by atoms with E-state index < -0.39 is 0 Å². The van der Waals surface area contributed by atoms with Crippen LogP contribution < -0.4 is 10.1 Å². The van der Waals surface area contributed by atoms with Gasteiger partial charge in [-0.2, -0.15) is 0 Å². The maximum absolute atomic E-state index is 6.02. The van der Waals surface area contributed by atoms with E-state index in [4.69, 9.17) is 4.74 Å². The normalized spacial score (nSPS) is 19.3. The molecule has 0 bridgehead atoms. The summed E-state index contributed by atoms with van der Waals surface area (Å²) in [7, 11) is 2.05. The smallest absolute Gasteiger partial charge is 0.123 e. The third-order valence-electron chi connectivity index (χ3n) is 4.47. The Morgan fingerprint density at radius 1 is 1.27 bits per heavy atom. The highest BCUT2D eigenvalue weighted by atomic mass is 16.5. The lowest BCUT2D eigenvalue weighted by atomic mass is 9.97. The van der Waals surface area contributed by atoms with Crippen molar-refractivity contribution in [2.75, 3.05) is 33.3 Å². The van der Waals surface area contributed by atoms with Gasteiger partial charge in [0, 0.05) is 18.7 Å². The van der Waals surface area contributed by atoms with E-state index in [1.807, 2.05) is 0 Å². The summed E-state index contributed by atoms with van der Waals surface area (Å²) < 4.78 is 6.02. The molecule has 1 saturated heterocycles. The van der Waals surface area contributed by atoms with Crippen LogP contribution in [0.2, 0.25) is 0 Å². The molecule has 1 aliphatic heterocycles. The number of ether oxygens (including phenoxy) is 1. The highest BCUT2D eigenvalue weighted by molar-refractivity contribution is 5.33. The van der Waals surface area contributed by atoms with E-state index in [2.05, 4.69) is 48.5 Å². The molecule has 0 amide bonds. The number of nitrogens with zero attached hydrogens (tertiary/aromatic N) is 1. The average Bonchev–Trinajstić information content (AvgIpc) is 2.54. The molecule has 1 aromatic rings. The molecule has 1 fully saturated rings. The van der Waals surface area contributed by atoms with Gasteiger partial charge in [-0.15, -0.1) is 0 Å². The predicted octanol–water partition coefficient (Wildman–Crippen LogP) is 3.69. The maximum Gasteiger partial charge on any atom is 0.123 e. The molecule has 1 heterocycles. The van der Waals surface area contributed by atoms with Crippen LogP contribution in [0.4, 0.5) is 0 Å². The third-order valence-corrected chi connectivity index (χ3v) is 4.47. The summed E-state index contributed by atoms with van der Waals surface area (Å²) in [4.78, 5) is 2.58. The second-order valence-electron chi connectivity index (χ2n) is 6.46. The van der Waals surface area contributed by atoms with Gasteiger partial charge in [-0.3, -0.25) is 4.90 Å². The summed E-state index contributed by atoms with van der Waals surface area (Å²) in [6, 6.07) is 8.55. The van der Waals surface area contributed by atoms with Crippen LogP contribution in [-0.4, -0.2) is 38.2 Å². The number of nitrogens with one attached hydrogen (secondary N) is 1. The molecule has 3 nitrogen and oxygen atoms in total. The van der Waals surface area contributed by atoms with Gasteiger partial charge >= 0.3 is 0 Å². The molecular weight excluding hydrogens is 272 g/mol. The van der Waals surface area contributed by atoms with E-state index in [9.17, 15) is 0 Å². The molecule has 0 aromatic heterocycles. The first-order chi connectivity index (χ1) is 10.8. The first kappa shape index (κ1) is 17.3. The predicted molar refractivity (Wildman–Crippen MR) is 93.4 cm³/mol. The molecule has 1 aromatic carbocycles. The van der Waals surface area contributed by atoms with Crippen LogP contribution in [0.3, 0.4) is 0 Å². The van der Waals surface area contributed by atoms with Gasteiger partial charge in [0.25, 0.3) is 0 Å². The van der Waals surface area contributed by atoms with E-state index in [0.717, 1.165) is 37.8 Å². The fraction of sp³-hybridized carbons (Fsp3) is 0.684. The second-order valence-corrected chi connectivity index (χ2v) is 6.46. The van der Waals surface area contributed by atoms with Crippen molar-refractivity contribution in [3.8, 4) is 5.75 Å². The van der Waals surface area contributed by atoms with Crippen LogP contribution in [0.1, 0.15) is 44.6 Å². The van der Waals surface area contributed by atoms with Gasteiger partial charge in [0.2, 0.25) is 0 Å². The molecule has 3 heteroatoms. The molecule has 0 spiro atoms. The van der Waals surface area contributed by atoms with Crippen LogP contribution in [-0.2, 0) is 6.54 Å². The van der Waals surface area contributed by atoms with Gasteiger partial charge in [-0.25, -0.2) is 0 Å². The number of likely N-dealkylation sites (tertiary alicyclic amines) is 1. The lowest BCUT2D eigenvalue weighted by Gasteiger charge is -2.33. The van der Waals surface area contributed by atoms with E-state index in [-0.39, 0.29) is 0 Å². The Bertz CT molecular complexity index is 420. The van der Waals surface area contributed by atoms with E-state index in [1.54, 1.807) is 0 Å². The molecule has 124 valence electrons. The molecule has 0 aliphatic carbocycles. The largest absolute Gasteiger partial charge is 0.493 e. The number of para-hydroxylation sites is 1. The highest BCUT2D eigenvalue weighted by Crippen LogP contribution is 2.23. The van der Waals surface area contributed by atoms with Crippen molar-refractivity contribution in [1.29, 1.82) is 0 Å². The van der Waals surface area contributed by atoms with Gasteiger partial charge in [-0.1, -0.05) is 38.0 Å². The minimum absolute atomic E-state index is 0.788. The van der Waals surface area contributed by atoms with Crippen molar-refractivity contribution in [3.05, 3.63) is 29.8 Å². The number of hydrogen-bond donors (Lipinski definition) is 1. The van der Waals surface area contributed by atoms with Crippen molar-refractivity contribution < 1.29 is 4.74 Å². The Hall–Kier alpha value is -1.06. The van der Waals surface area contributed by atoms with Crippen molar-refractivity contribution in [2.24, 2.45) is 5.92 Å². The van der Waals surface area contributed by atoms with Crippen LogP contribution in [0, 0.1) is 5.92 Å². The summed E-state index contributed by atoms with van der Waals surface area (Å²) in [6.45, 7) is 7.63. The molecule has 22 heavy (non-hydrogen) atoms. The number of piperidine rings is 1. The van der Waals surface area contributed by atoms with E-state index in [0.29, 0.717) is 0 Å². The lowest BCUT2D eigenvalue weighted by molar-refractivity contribution is 0.164. The van der Waals surface area contributed by atoms with Gasteiger partial charge in [-0.05, 0) is 51.4 Å². The fourth-order valence-corrected chi connectivity index (χ4v) is 3.30. The minimum atomic E-state index is 0.788. The summed E-state index contributed by atoms with van der Waals surface area (Å²) >= 11 is 0. The highest BCUT2D eigenvalue weighted by Gasteiger charge is 2.20. The molecule has 0 radical (unpaired) electrons. The van der Waals surface area contributed by atoms with Gasteiger partial charge in [0.05, 0.1) is 6.61 Å². The van der Waals surface area contributed by atoms with Gasteiger partial charge in [0.1, 0.15) is 5.75 Å². The number of benzene rings is 1. The third kappa shape index (κ3) is 5.62. The van der Waals surface area contributed by atoms with Gasteiger partial charge in [0.15, 0.2) is 0 Å². The SMILES string of the molecule is CCCCCOc1ccccc1CN1CCCC(CNC)C1. The van der Waals surface area contributed by atoms with E-state index >= 15 is 0 Å². The van der Waals surface area contributed by atoms with Crippen LogP contribution in [0.15, 0.2) is 24.3 Å². The first-order valence-corrected chi connectivity index (χ1v) is 8.91. The second kappa shape index (κ2) is 9.86. The Labute approximate surface area is 136 Å². The number of hydrogen-bond acceptors (Lipinski definition) is 3.